The molecule has 0 atom stereocenters. The van der Waals surface area contributed by atoms with Crippen LogP contribution in [0.1, 0.15) is 66.6 Å². The lowest BCUT2D eigenvalue weighted by Gasteiger charge is -2.70. The van der Waals surface area contributed by atoms with E-state index in [2.05, 4.69) is 10.3 Å². The van der Waals surface area contributed by atoms with Gasteiger partial charge in [-0.25, -0.2) is 0 Å². The number of amides is 1. The monoisotopic (exact) mass is 452 g/mol. The topological polar surface area (TPSA) is 68.3 Å². The Morgan fingerprint density at radius 3 is 2.62 bits per heavy atom. The summed E-state index contributed by atoms with van der Waals surface area (Å²) in [6.07, 6.45) is 9.90. The fourth-order valence-electron chi connectivity index (χ4n) is 5.45. The number of aryl methyl sites for hydroxylation is 2. The van der Waals surface area contributed by atoms with Crippen LogP contribution in [0.25, 0.3) is 0 Å². The maximum absolute atomic E-state index is 12.6. The van der Waals surface area contributed by atoms with Crippen LogP contribution in [0, 0.1) is 18.3 Å². The van der Waals surface area contributed by atoms with E-state index in [0.717, 1.165) is 37.2 Å². The van der Waals surface area contributed by atoms with Gasteiger partial charge in [0.1, 0.15) is 18.1 Å². The SMILES string of the molecule is Cc1cc(OCC(=O)CC23CC(NC(=O)c4ccc(CCC5CC5)cn4)(C2)C3)ccc1Cl. The number of carbonyl (C=O) groups excluding carboxylic acids is 2. The second-order valence-electron chi connectivity index (χ2n) is 10.2. The number of nitrogens with zero attached hydrogens (tertiary/aromatic N) is 1. The number of nitrogens with one attached hydrogen (secondary N) is 1. The van der Waals surface area contributed by atoms with Gasteiger partial charge in [0.25, 0.3) is 5.91 Å². The summed E-state index contributed by atoms with van der Waals surface area (Å²) < 4.78 is 5.64. The third-order valence-corrected chi connectivity index (χ3v) is 7.64. The minimum Gasteiger partial charge on any atom is -0.486 e. The van der Waals surface area contributed by atoms with E-state index in [0.29, 0.717) is 22.9 Å². The molecule has 0 unspecified atom stereocenters. The number of benzene rings is 1. The van der Waals surface area contributed by atoms with E-state index in [9.17, 15) is 9.59 Å². The summed E-state index contributed by atoms with van der Waals surface area (Å²) in [5, 5.41) is 3.85. The molecule has 4 aliphatic carbocycles. The Morgan fingerprint density at radius 1 is 1.19 bits per heavy atom. The maximum atomic E-state index is 12.6. The minimum atomic E-state index is -0.155. The highest BCUT2D eigenvalue weighted by Crippen LogP contribution is 2.69. The van der Waals surface area contributed by atoms with E-state index >= 15 is 0 Å². The quantitative estimate of drug-likeness (QED) is 0.546. The zero-order valence-corrected chi connectivity index (χ0v) is 19.2. The number of ketones is 1. The summed E-state index contributed by atoms with van der Waals surface area (Å²) in [6, 6.07) is 9.25. The highest BCUT2D eigenvalue weighted by molar-refractivity contribution is 6.31. The lowest BCUT2D eigenvalue weighted by atomic mass is 9.38. The first-order valence-corrected chi connectivity index (χ1v) is 11.9. The average molecular weight is 453 g/mol. The Morgan fingerprint density at radius 2 is 1.97 bits per heavy atom. The molecule has 4 fully saturated rings. The third-order valence-electron chi connectivity index (χ3n) is 7.22. The molecule has 6 rings (SSSR count). The van der Waals surface area contributed by atoms with E-state index in [1.165, 1.54) is 24.8 Å². The van der Waals surface area contributed by atoms with E-state index < -0.39 is 0 Å². The summed E-state index contributed by atoms with van der Waals surface area (Å²) in [6.45, 7) is 1.98. The van der Waals surface area contributed by atoms with Crippen molar-refractivity contribution in [1.82, 2.24) is 10.3 Å². The van der Waals surface area contributed by atoms with Gasteiger partial charge in [-0.05, 0) is 85.8 Å². The Bertz CT molecular complexity index is 1030. The van der Waals surface area contributed by atoms with Gasteiger partial charge in [0.05, 0.1) is 0 Å². The number of hydrogen-bond donors (Lipinski definition) is 1. The molecule has 4 aliphatic rings. The fourth-order valence-corrected chi connectivity index (χ4v) is 5.56. The van der Waals surface area contributed by atoms with E-state index in [1.54, 1.807) is 12.1 Å². The minimum absolute atomic E-state index is 0.0315. The van der Waals surface area contributed by atoms with Crippen molar-refractivity contribution in [2.45, 2.75) is 63.8 Å². The van der Waals surface area contributed by atoms with Crippen molar-refractivity contribution >= 4 is 23.3 Å². The van der Waals surface area contributed by atoms with E-state index in [1.807, 2.05) is 31.3 Å². The molecule has 4 saturated carbocycles. The molecule has 2 bridgehead atoms. The van der Waals surface area contributed by atoms with Crippen molar-refractivity contribution in [2.24, 2.45) is 11.3 Å². The fraction of sp³-hybridized carbons (Fsp3) is 0.500. The molecule has 1 N–H and O–H groups in total. The summed E-state index contributed by atoms with van der Waals surface area (Å²) in [5.41, 5.74) is 2.48. The lowest BCUT2D eigenvalue weighted by Crippen LogP contribution is -2.75. The molecule has 1 heterocycles. The number of hydrogen-bond acceptors (Lipinski definition) is 4. The van der Waals surface area contributed by atoms with Crippen molar-refractivity contribution in [3.8, 4) is 5.75 Å². The Hall–Kier alpha value is -2.40. The normalized spacial score (nSPS) is 25.4. The van der Waals surface area contributed by atoms with Gasteiger partial charge in [-0.2, -0.15) is 0 Å². The van der Waals surface area contributed by atoms with Gasteiger partial charge in [-0.1, -0.05) is 30.5 Å². The van der Waals surface area contributed by atoms with Crippen molar-refractivity contribution in [3.05, 3.63) is 58.4 Å². The molecule has 0 radical (unpaired) electrons. The molecule has 0 saturated heterocycles. The number of aromatic nitrogens is 1. The summed E-state index contributed by atoms with van der Waals surface area (Å²) >= 11 is 6.03. The molecule has 1 aromatic heterocycles. The molecule has 6 heteroatoms. The summed E-state index contributed by atoms with van der Waals surface area (Å²) in [7, 11) is 0. The Kier molecular flexibility index (Phi) is 5.48. The maximum Gasteiger partial charge on any atom is 0.270 e. The highest BCUT2D eigenvalue weighted by Gasteiger charge is 2.68. The highest BCUT2D eigenvalue weighted by atomic mass is 35.5. The summed E-state index contributed by atoms with van der Waals surface area (Å²) in [5.74, 6) is 1.54. The van der Waals surface area contributed by atoms with Gasteiger partial charge in [0.15, 0.2) is 5.78 Å². The third kappa shape index (κ3) is 4.54. The molecule has 0 spiro atoms. The standard InChI is InChI=1S/C26H29ClN2O3/c1-17-10-21(7-8-22(17)27)32-13-20(30)11-25-14-26(15-25,16-25)29-24(31)23-9-6-19(12-28-23)5-4-18-2-3-18/h6-10,12,18H,2-5,11,13-16H2,1H3,(H,29,31). The van der Waals surface area contributed by atoms with E-state index in [-0.39, 0.29) is 29.3 Å². The first-order chi connectivity index (χ1) is 15.3. The number of pyridine rings is 1. The van der Waals surface area contributed by atoms with Crippen LogP contribution in [0.3, 0.4) is 0 Å². The first kappa shape index (κ1) is 21.4. The van der Waals surface area contributed by atoms with Crippen LogP contribution in [-0.4, -0.2) is 28.8 Å². The number of carbonyl (C=O) groups is 2. The van der Waals surface area contributed by atoms with Gasteiger partial charge < -0.3 is 10.1 Å². The largest absolute Gasteiger partial charge is 0.486 e. The van der Waals surface area contributed by atoms with Crippen molar-refractivity contribution < 1.29 is 14.3 Å². The molecule has 1 aromatic carbocycles. The van der Waals surface area contributed by atoms with Gasteiger partial charge in [-0.3, -0.25) is 14.6 Å². The van der Waals surface area contributed by atoms with Gasteiger partial charge in [0.2, 0.25) is 0 Å². The van der Waals surface area contributed by atoms with Crippen LogP contribution in [0.5, 0.6) is 5.75 Å². The molecule has 5 nitrogen and oxygen atoms in total. The Balaban J connectivity index is 1.05. The van der Waals surface area contributed by atoms with Crippen molar-refractivity contribution in [2.75, 3.05) is 6.61 Å². The molecule has 1 amide bonds. The lowest BCUT2D eigenvalue weighted by molar-refractivity contribution is -0.162. The second-order valence-corrected chi connectivity index (χ2v) is 10.6. The summed E-state index contributed by atoms with van der Waals surface area (Å²) in [4.78, 5) is 29.4. The van der Waals surface area contributed by atoms with Crippen LogP contribution >= 0.6 is 11.6 Å². The molecular weight excluding hydrogens is 424 g/mol. The predicted molar refractivity (Wildman–Crippen MR) is 123 cm³/mol. The van der Waals surface area contributed by atoms with Gasteiger partial charge in [0, 0.05) is 23.2 Å². The van der Waals surface area contributed by atoms with Gasteiger partial charge >= 0.3 is 0 Å². The smallest absolute Gasteiger partial charge is 0.270 e. The second kappa shape index (κ2) is 8.18. The van der Waals surface area contributed by atoms with E-state index in [4.69, 9.17) is 16.3 Å². The molecule has 168 valence electrons. The first-order valence-electron chi connectivity index (χ1n) is 11.5. The van der Waals surface area contributed by atoms with Crippen molar-refractivity contribution in [1.29, 1.82) is 0 Å². The molecule has 0 aliphatic heterocycles. The number of halogens is 1. The van der Waals surface area contributed by atoms with Crippen LogP contribution in [0.15, 0.2) is 36.5 Å². The number of ether oxygens (including phenoxy) is 1. The predicted octanol–water partition coefficient (Wildman–Crippen LogP) is 5.08. The zero-order valence-electron chi connectivity index (χ0n) is 18.5. The van der Waals surface area contributed by atoms with Crippen LogP contribution in [0.4, 0.5) is 0 Å². The molecule has 32 heavy (non-hydrogen) atoms. The van der Waals surface area contributed by atoms with Crippen molar-refractivity contribution in [3.63, 3.8) is 0 Å². The zero-order chi connectivity index (χ0) is 22.3. The van der Waals surface area contributed by atoms with Gasteiger partial charge in [-0.15, -0.1) is 0 Å². The average Bonchev–Trinajstić information content (AvgIpc) is 3.55. The number of rotatable bonds is 10. The molecule has 2 aromatic rings. The Labute approximate surface area is 193 Å². The van der Waals surface area contributed by atoms with Crippen LogP contribution < -0.4 is 10.1 Å². The van der Waals surface area contributed by atoms with Crippen LogP contribution in [-0.2, 0) is 11.2 Å². The van der Waals surface area contributed by atoms with Crippen LogP contribution in [0.2, 0.25) is 5.02 Å². The molecular formula is C26H29ClN2O3. The number of Topliss-reactive ketones (excluding diaryl/α,β-unsaturated/α-hetero) is 1.